The summed E-state index contributed by atoms with van der Waals surface area (Å²) in [6.07, 6.45) is 1.01. The molecule has 0 aliphatic carbocycles. The summed E-state index contributed by atoms with van der Waals surface area (Å²) < 4.78 is 17.4. The third-order valence-corrected chi connectivity index (χ3v) is 5.06. The second kappa shape index (κ2) is 7.31. The Morgan fingerprint density at radius 3 is 2.81 bits per heavy atom. The third-order valence-electron chi connectivity index (χ3n) is 4.82. The van der Waals surface area contributed by atoms with Crippen LogP contribution < -0.4 is 19.5 Å². The van der Waals surface area contributed by atoms with Crippen molar-refractivity contribution in [1.29, 1.82) is 0 Å². The number of halogens is 1. The fourth-order valence-corrected chi connectivity index (χ4v) is 3.76. The van der Waals surface area contributed by atoms with E-state index in [2.05, 4.69) is 5.32 Å². The molecule has 0 spiro atoms. The standard InChI is InChI=1S/C21H22ClNO4/c1-3-25-18-8-13-6-12(2)26-19(13)10-15(18)11-23-21(24)20-9-14-7-16(22)4-5-17(14)27-20/h4-5,7-8,10,12,20H,3,6,9,11H2,1-2H3,(H,23,24). The molecule has 0 saturated heterocycles. The number of amides is 1. The van der Waals surface area contributed by atoms with Gasteiger partial charge in [-0.05, 0) is 49.7 Å². The SMILES string of the molecule is CCOc1cc2c(cc1CNC(=O)C1Cc3cc(Cl)ccc3O1)OC(C)C2. The quantitative estimate of drug-likeness (QED) is 0.850. The lowest BCUT2D eigenvalue weighted by Gasteiger charge is -2.15. The molecular weight excluding hydrogens is 366 g/mol. The van der Waals surface area contributed by atoms with E-state index < -0.39 is 6.10 Å². The van der Waals surface area contributed by atoms with Gasteiger partial charge in [0, 0.05) is 35.5 Å². The highest BCUT2D eigenvalue weighted by Crippen LogP contribution is 2.35. The van der Waals surface area contributed by atoms with Gasteiger partial charge >= 0.3 is 0 Å². The number of rotatable bonds is 5. The van der Waals surface area contributed by atoms with E-state index in [1.54, 1.807) is 12.1 Å². The average Bonchev–Trinajstić information content (AvgIpc) is 3.21. The van der Waals surface area contributed by atoms with Gasteiger partial charge in [0.1, 0.15) is 23.4 Å². The molecule has 2 heterocycles. The predicted molar refractivity (Wildman–Crippen MR) is 103 cm³/mol. The van der Waals surface area contributed by atoms with E-state index in [-0.39, 0.29) is 12.0 Å². The van der Waals surface area contributed by atoms with E-state index >= 15 is 0 Å². The number of fused-ring (bicyclic) bond motifs is 2. The monoisotopic (exact) mass is 387 g/mol. The van der Waals surface area contributed by atoms with Gasteiger partial charge in [-0.2, -0.15) is 0 Å². The molecule has 1 N–H and O–H groups in total. The molecule has 0 fully saturated rings. The summed E-state index contributed by atoms with van der Waals surface area (Å²) in [5.41, 5.74) is 3.00. The summed E-state index contributed by atoms with van der Waals surface area (Å²) in [6.45, 7) is 4.92. The van der Waals surface area contributed by atoms with Crippen LogP contribution in [0.25, 0.3) is 0 Å². The van der Waals surface area contributed by atoms with Crippen molar-refractivity contribution in [2.24, 2.45) is 0 Å². The zero-order valence-electron chi connectivity index (χ0n) is 15.4. The van der Waals surface area contributed by atoms with Crippen molar-refractivity contribution in [3.63, 3.8) is 0 Å². The van der Waals surface area contributed by atoms with Gasteiger partial charge in [0.05, 0.1) is 6.61 Å². The van der Waals surface area contributed by atoms with E-state index in [9.17, 15) is 4.79 Å². The molecule has 0 bridgehead atoms. The van der Waals surface area contributed by atoms with Crippen LogP contribution in [0, 0.1) is 0 Å². The van der Waals surface area contributed by atoms with Gasteiger partial charge in [0.2, 0.25) is 0 Å². The van der Waals surface area contributed by atoms with Crippen LogP contribution in [0.1, 0.15) is 30.5 Å². The lowest BCUT2D eigenvalue weighted by Crippen LogP contribution is -2.37. The molecule has 2 aromatic rings. The van der Waals surface area contributed by atoms with Gasteiger partial charge in [-0.25, -0.2) is 0 Å². The van der Waals surface area contributed by atoms with Crippen molar-refractivity contribution in [3.8, 4) is 17.2 Å². The van der Waals surface area contributed by atoms with Crippen molar-refractivity contribution in [2.45, 2.75) is 45.4 Å². The molecular formula is C21H22ClNO4. The maximum absolute atomic E-state index is 12.6. The largest absolute Gasteiger partial charge is 0.494 e. The molecule has 0 radical (unpaired) electrons. The molecule has 1 amide bonds. The summed E-state index contributed by atoms with van der Waals surface area (Å²) >= 11 is 6.01. The third kappa shape index (κ3) is 3.69. The first kappa shape index (κ1) is 18.0. The summed E-state index contributed by atoms with van der Waals surface area (Å²) in [7, 11) is 0. The van der Waals surface area contributed by atoms with Crippen molar-refractivity contribution >= 4 is 17.5 Å². The molecule has 2 aliphatic heterocycles. The van der Waals surface area contributed by atoms with Crippen molar-refractivity contribution in [3.05, 3.63) is 52.0 Å². The topological polar surface area (TPSA) is 56.8 Å². The number of ether oxygens (including phenoxy) is 3. The van der Waals surface area contributed by atoms with Gasteiger partial charge in [0.15, 0.2) is 6.10 Å². The minimum atomic E-state index is -0.542. The molecule has 2 aliphatic rings. The maximum atomic E-state index is 12.6. The van der Waals surface area contributed by atoms with E-state index in [1.165, 1.54) is 0 Å². The molecule has 2 atom stereocenters. The Morgan fingerprint density at radius 1 is 1.19 bits per heavy atom. The minimum absolute atomic E-state index is 0.153. The second-order valence-corrected chi connectivity index (χ2v) is 7.35. The molecule has 5 nitrogen and oxygen atoms in total. The lowest BCUT2D eigenvalue weighted by molar-refractivity contribution is -0.127. The van der Waals surface area contributed by atoms with Gasteiger partial charge in [-0.3, -0.25) is 4.79 Å². The Balaban J connectivity index is 1.44. The summed E-state index contributed by atoms with van der Waals surface area (Å²) in [5, 5.41) is 3.60. The Kier molecular flexibility index (Phi) is 4.87. The molecule has 142 valence electrons. The predicted octanol–water partition coefficient (Wildman–Crippen LogP) is 3.68. The Bertz CT molecular complexity index is 883. The lowest BCUT2D eigenvalue weighted by atomic mass is 10.1. The summed E-state index contributed by atoms with van der Waals surface area (Å²) in [6, 6.07) is 9.40. The number of benzene rings is 2. The van der Waals surface area contributed by atoms with Crippen molar-refractivity contribution in [1.82, 2.24) is 5.32 Å². The van der Waals surface area contributed by atoms with Crippen LogP contribution in [0.15, 0.2) is 30.3 Å². The first-order chi connectivity index (χ1) is 13.0. The number of carbonyl (C=O) groups excluding carboxylic acids is 1. The average molecular weight is 388 g/mol. The molecule has 6 heteroatoms. The Morgan fingerprint density at radius 2 is 2.00 bits per heavy atom. The highest BCUT2D eigenvalue weighted by Gasteiger charge is 2.29. The zero-order valence-corrected chi connectivity index (χ0v) is 16.1. The number of nitrogens with one attached hydrogen (secondary N) is 1. The van der Waals surface area contributed by atoms with Crippen LogP contribution in [-0.2, 0) is 24.2 Å². The number of hydrogen-bond acceptors (Lipinski definition) is 4. The van der Waals surface area contributed by atoms with Gasteiger partial charge < -0.3 is 19.5 Å². The normalized spacial score (nSPS) is 19.7. The zero-order chi connectivity index (χ0) is 19.0. The summed E-state index contributed by atoms with van der Waals surface area (Å²) in [4.78, 5) is 12.6. The highest BCUT2D eigenvalue weighted by molar-refractivity contribution is 6.30. The molecule has 0 saturated carbocycles. The second-order valence-electron chi connectivity index (χ2n) is 6.91. The van der Waals surface area contributed by atoms with Gasteiger partial charge in [-0.1, -0.05) is 11.6 Å². The van der Waals surface area contributed by atoms with Crippen LogP contribution >= 0.6 is 11.6 Å². The maximum Gasteiger partial charge on any atom is 0.261 e. The molecule has 2 unspecified atom stereocenters. The highest BCUT2D eigenvalue weighted by atomic mass is 35.5. The van der Waals surface area contributed by atoms with Crippen LogP contribution in [0.2, 0.25) is 5.02 Å². The number of carbonyl (C=O) groups is 1. The minimum Gasteiger partial charge on any atom is -0.494 e. The fourth-order valence-electron chi connectivity index (χ4n) is 3.57. The molecule has 2 aromatic carbocycles. The fraction of sp³-hybridized carbons (Fsp3) is 0.381. The molecule has 4 rings (SSSR count). The number of hydrogen-bond donors (Lipinski definition) is 1. The van der Waals surface area contributed by atoms with Gasteiger partial charge in [-0.15, -0.1) is 0 Å². The first-order valence-corrected chi connectivity index (χ1v) is 9.59. The smallest absolute Gasteiger partial charge is 0.261 e. The van der Waals surface area contributed by atoms with Crippen LogP contribution in [0.3, 0.4) is 0 Å². The van der Waals surface area contributed by atoms with E-state index in [0.717, 1.165) is 40.4 Å². The summed E-state index contributed by atoms with van der Waals surface area (Å²) in [5.74, 6) is 2.22. The first-order valence-electron chi connectivity index (χ1n) is 9.21. The van der Waals surface area contributed by atoms with Crippen molar-refractivity contribution in [2.75, 3.05) is 6.61 Å². The van der Waals surface area contributed by atoms with Crippen molar-refractivity contribution < 1.29 is 19.0 Å². The van der Waals surface area contributed by atoms with E-state index in [1.807, 2.05) is 32.0 Å². The van der Waals surface area contributed by atoms with Gasteiger partial charge in [0.25, 0.3) is 5.91 Å². The molecule has 27 heavy (non-hydrogen) atoms. The van der Waals surface area contributed by atoms with E-state index in [0.29, 0.717) is 24.6 Å². The van der Waals surface area contributed by atoms with E-state index in [4.69, 9.17) is 25.8 Å². The van der Waals surface area contributed by atoms with Crippen LogP contribution in [-0.4, -0.2) is 24.7 Å². The van der Waals surface area contributed by atoms with Crippen LogP contribution in [0.5, 0.6) is 17.2 Å². The Labute approximate surface area is 163 Å². The Hall–Kier alpha value is -2.40. The van der Waals surface area contributed by atoms with Crippen LogP contribution in [0.4, 0.5) is 0 Å². The molecule has 0 aromatic heterocycles.